The zero-order chi connectivity index (χ0) is 22.9. The molecule has 1 spiro atoms. The summed E-state index contributed by atoms with van der Waals surface area (Å²) in [5.74, 6) is 0.578. The normalized spacial score (nSPS) is 24.3. The number of amides is 2. The SMILES string of the molecule is CN1C(=O)C2(CCN(C(=O)C3(c4ccccc4)CCCCC3)CC2)C[C@H]1Cc1ccccc1. The van der Waals surface area contributed by atoms with Crippen LogP contribution in [-0.4, -0.2) is 47.8 Å². The molecule has 4 heteroatoms. The number of rotatable bonds is 4. The lowest BCUT2D eigenvalue weighted by Crippen LogP contribution is -2.53. The van der Waals surface area contributed by atoms with Crippen LogP contribution in [0.5, 0.6) is 0 Å². The Kier molecular flexibility index (Phi) is 6.03. The Morgan fingerprint density at radius 1 is 0.879 bits per heavy atom. The van der Waals surface area contributed by atoms with Crippen LogP contribution in [0.3, 0.4) is 0 Å². The molecule has 174 valence electrons. The maximum atomic E-state index is 14.0. The molecule has 2 heterocycles. The van der Waals surface area contributed by atoms with Gasteiger partial charge in [-0.2, -0.15) is 0 Å². The first-order valence-electron chi connectivity index (χ1n) is 12.7. The molecule has 1 atom stereocenters. The maximum absolute atomic E-state index is 14.0. The molecule has 3 aliphatic rings. The van der Waals surface area contributed by atoms with Crippen LogP contribution in [0.1, 0.15) is 62.5 Å². The number of likely N-dealkylation sites (tertiary alicyclic amines) is 2. The largest absolute Gasteiger partial charge is 0.342 e. The monoisotopic (exact) mass is 444 g/mol. The van der Waals surface area contributed by atoms with E-state index in [9.17, 15) is 9.59 Å². The van der Waals surface area contributed by atoms with Crippen molar-refractivity contribution in [2.75, 3.05) is 20.1 Å². The lowest BCUT2D eigenvalue weighted by molar-refractivity contribution is -0.146. The molecule has 5 rings (SSSR count). The molecule has 4 nitrogen and oxygen atoms in total. The quantitative estimate of drug-likeness (QED) is 0.668. The summed E-state index contributed by atoms with van der Waals surface area (Å²) < 4.78 is 0. The molecule has 2 aliphatic heterocycles. The molecule has 2 amide bonds. The molecular weight excluding hydrogens is 408 g/mol. The van der Waals surface area contributed by atoms with E-state index >= 15 is 0 Å². The second kappa shape index (κ2) is 8.96. The van der Waals surface area contributed by atoms with Crippen molar-refractivity contribution in [3.05, 3.63) is 71.8 Å². The van der Waals surface area contributed by atoms with Gasteiger partial charge in [-0.1, -0.05) is 79.9 Å². The summed E-state index contributed by atoms with van der Waals surface area (Å²) in [6.07, 6.45) is 8.72. The average Bonchev–Trinajstić information content (AvgIpc) is 3.10. The Balaban J connectivity index is 1.30. The van der Waals surface area contributed by atoms with E-state index in [1.54, 1.807) is 0 Å². The number of benzene rings is 2. The second-order valence-corrected chi connectivity index (χ2v) is 10.5. The van der Waals surface area contributed by atoms with Gasteiger partial charge in [0.25, 0.3) is 0 Å². The summed E-state index contributed by atoms with van der Waals surface area (Å²) in [5, 5.41) is 0. The van der Waals surface area contributed by atoms with Gasteiger partial charge < -0.3 is 9.80 Å². The fourth-order valence-electron chi connectivity index (χ4n) is 6.71. The van der Waals surface area contributed by atoms with Crippen molar-refractivity contribution in [3.63, 3.8) is 0 Å². The highest BCUT2D eigenvalue weighted by Gasteiger charge is 2.53. The summed E-state index contributed by atoms with van der Waals surface area (Å²) in [6, 6.07) is 21.1. The van der Waals surface area contributed by atoms with Gasteiger partial charge in [0, 0.05) is 26.2 Å². The molecule has 2 saturated heterocycles. The molecule has 0 unspecified atom stereocenters. The molecule has 0 bridgehead atoms. The van der Waals surface area contributed by atoms with Gasteiger partial charge in [-0.15, -0.1) is 0 Å². The van der Waals surface area contributed by atoms with E-state index in [2.05, 4.69) is 53.4 Å². The third kappa shape index (κ3) is 3.98. The van der Waals surface area contributed by atoms with Crippen LogP contribution in [0.2, 0.25) is 0 Å². The predicted octanol–water partition coefficient (Wildman–Crippen LogP) is 4.97. The molecule has 2 aromatic carbocycles. The van der Waals surface area contributed by atoms with Gasteiger partial charge in [-0.3, -0.25) is 9.59 Å². The van der Waals surface area contributed by atoms with Crippen molar-refractivity contribution < 1.29 is 9.59 Å². The van der Waals surface area contributed by atoms with E-state index < -0.39 is 0 Å². The Labute approximate surface area is 198 Å². The maximum Gasteiger partial charge on any atom is 0.233 e. The Morgan fingerprint density at radius 3 is 2.12 bits per heavy atom. The first-order valence-corrected chi connectivity index (χ1v) is 12.7. The number of hydrogen-bond acceptors (Lipinski definition) is 2. The van der Waals surface area contributed by atoms with Crippen molar-refractivity contribution >= 4 is 11.8 Å². The van der Waals surface area contributed by atoms with E-state index in [0.29, 0.717) is 19.0 Å². The summed E-state index contributed by atoms with van der Waals surface area (Å²) in [6.45, 7) is 1.40. The molecule has 33 heavy (non-hydrogen) atoms. The first-order chi connectivity index (χ1) is 16.0. The standard InChI is InChI=1S/C29H36N2O2/c1-30-25(21-23-11-5-2-6-12-23)22-28(26(30)32)17-19-31(20-18-28)27(33)29(15-9-4-10-16-29)24-13-7-3-8-14-24/h2-3,5-8,11-14,25H,4,9-10,15-22H2,1H3/t25-/m1/s1. The van der Waals surface area contributed by atoms with Gasteiger partial charge in [-0.05, 0) is 49.7 Å². The third-order valence-electron chi connectivity index (χ3n) is 8.71. The predicted molar refractivity (Wildman–Crippen MR) is 131 cm³/mol. The average molecular weight is 445 g/mol. The van der Waals surface area contributed by atoms with Crippen molar-refractivity contribution in [1.82, 2.24) is 9.80 Å². The number of hydrogen-bond donors (Lipinski definition) is 0. The van der Waals surface area contributed by atoms with Crippen LogP contribution >= 0.6 is 0 Å². The smallest absolute Gasteiger partial charge is 0.233 e. The Morgan fingerprint density at radius 2 is 1.48 bits per heavy atom. The fourth-order valence-corrected chi connectivity index (χ4v) is 6.71. The molecular formula is C29H36N2O2. The third-order valence-corrected chi connectivity index (χ3v) is 8.71. The first kappa shape index (κ1) is 22.2. The van der Waals surface area contributed by atoms with Crippen LogP contribution in [0, 0.1) is 5.41 Å². The minimum absolute atomic E-state index is 0.246. The van der Waals surface area contributed by atoms with Crippen molar-refractivity contribution in [3.8, 4) is 0 Å². The molecule has 1 aliphatic carbocycles. The topological polar surface area (TPSA) is 40.6 Å². The summed E-state index contributed by atoms with van der Waals surface area (Å²) in [5.41, 5.74) is 1.79. The Hall–Kier alpha value is -2.62. The minimum Gasteiger partial charge on any atom is -0.342 e. The summed E-state index contributed by atoms with van der Waals surface area (Å²) in [4.78, 5) is 31.4. The molecule has 2 aromatic rings. The minimum atomic E-state index is -0.379. The van der Waals surface area contributed by atoms with Gasteiger partial charge in [0.1, 0.15) is 0 Å². The zero-order valence-corrected chi connectivity index (χ0v) is 19.8. The van der Waals surface area contributed by atoms with E-state index in [-0.39, 0.29) is 22.8 Å². The van der Waals surface area contributed by atoms with Crippen LogP contribution in [-0.2, 0) is 21.4 Å². The van der Waals surface area contributed by atoms with Crippen LogP contribution in [0.25, 0.3) is 0 Å². The number of carbonyl (C=O) groups excluding carboxylic acids is 2. The van der Waals surface area contributed by atoms with E-state index in [4.69, 9.17) is 0 Å². The van der Waals surface area contributed by atoms with Gasteiger partial charge >= 0.3 is 0 Å². The lowest BCUT2D eigenvalue weighted by atomic mass is 9.67. The van der Waals surface area contributed by atoms with Crippen molar-refractivity contribution in [2.45, 2.75) is 69.2 Å². The van der Waals surface area contributed by atoms with Gasteiger partial charge in [0.05, 0.1) is 10.8 Å². The lowest BCUT2D eigenvalue weighted by Gasteiger charge is -2.44. The highest BCUT2D eigenvalue weighted by molar-refractivity contribution is 5.89. The van der Waals surface area contributed by atoms with Crippen molar-refractivity contribution in [1.29, 1.82) is 0 Å². The second-order valence-electron chi connectivity index (χ2n) is 10.5. The number of piperidine rings is 1. The van der Waals surface area contributed by atoms with E-state index in [1.807, 2.05) is 24.1 Å². The van der Waals surface area contributed by atoms with Crippen LogP contribution in [0.4, 0.5) is 0 Å². The fraction of sp³-hybridized carbons (Fsp3) is 0.517. The number of nitrogens with zero attached hydrogens (tertiary/aromatic N) is 2. The van der Waals surface area contributed by atoms with Gasteiger partial charge in [0.15, 0.2) is 0 Å². The highest BCUT2D eigenvalue weighted by atomic mass is 16.2. The van der Waals surface area contributed by atoms with Crippen molar-refractivity contribution in [2.24, 2.45) is 5.41 Å². The molecule has 0 aromatic heterocycles. The zero-order valence-electron chi connectivity index (χ0n) is 19.8. The molecule has 3 fully saturated rings. The van der Waals surface area contributed by atoms with Gasteiger partial charge in [-0.25, -0.2) is 0 Å². The number of carbonyl (C=O) groups is 2. The molecule has 1 saturated carbocycles. The summed E-state index contributed by atoms with van der Waals surface area (Å²) in [7, 11) is 1.97. The van der Waals surface area contributed by atoms with E-state index in [0.717, 1.165) is 51.4 Å². The highest BCUT2D eigenvalue weighted by Crippen LogP contribution is 2.47. The van der Waals surface area contributed by atoms with Gasteiger partial charge in [0.2, 0.25) is 11.8 Å². The number of likely N-dealkylation sites (N-methyl/N-ethyl adjacent to an activating group) is 1. The molecule has 0 N–H and O–H groups in total. The van der Waals surface area contributed by atoms with Crippen LogP contribution < -0.4 is 0 Å². The Bertz CT molecular complexity index is 973. The van der Waals surface area contributed by atoms with E-state index in [1.165, 1.54) is 17.5 Å². The summed E-state index contributed by atoms with van der Waals surface area (Å²) >= 11 is 0. The van der Waals surface area contributed by atoms with Crippen LogP contribution in [0.15, 0.2) is 60.7 Å². The molecule has 0 radical (unpaired) electrons.